The van der Waals surface area contributed by atoms with Gasteiger partial charge in [0, 0.05) is 31.0 Å². The molecule has 12 heteroatoms. The van der Waals surface area contributed by atoms with Gasteiger partial charge in [0.15, 0.2) is 5.65 Å². The number of imidazole rings is 1. The van der Waals surface area contributed by atoms with Crippen LogP contribution in [0.3, 0.4) is 0 Å². The maximum absolute atomic E-state index is 14.6. The highest BCUT2D eigenvalue weighted by atomic mass is 19.1. The lowest BCUT2D eigenvalue weighted by atomic mass is 9.90. The Morgan fingerprint density at radius 3 is 2.44 bits per heavy atom. The van der Waals surface area contributed by atoms with Crippen LogP contribution in [0, 0.1) is 11.6 Å². The van der Waals surface area contributed by atoms with Crippen molar-refractivity contribution >= 4 is 22.6 Å². The zero-order valence-electron chi connectivity index (χ0n) is 26.4. The third-order valence-corrected chi connectivity index (χ3v) is 8.86. The maximum Gasteiger partial charge on any atom is 0.337 e. The number of hydrogen-bond donors (Lipinski definition) is 1. The summed E-state index contributed by atoms with van der Waals surface area (Å²) in [5, 5.41) is 3.00. The number of pyridine rings is 2. The molecule has 0 radical (unpaired) electrons. The summed E-state index contributed by atoms with van der Waals surface area (Å²) in [6.07, 6.45) is 5.60. The van der Waals surface area contributed by atoms with E-state index in [9.17, 15) is 23.2 Å². The van der Waals surface area contributed by atoms with E-state index in [-0.39, 0.29) is 28.7 Å². The van der Waals surface area contributed by atoms with Crippen LogP contribution < -0.4 is 16.6 Å². The van der Waals surface area contributed by atoms with Crippen molar-refractivity contribution < 1.29 is 13.6 Å². The predicted octanol–water partition coefficient (Wildman–Crippen LogP) is 5.12. The largest absolute Gasteiger partial charge is 0.348 e. The number of halogens is 2. The molecule has 1 aliphatic carbocycles. The molecule has 0 unspecified atom stereocenters. The van der Waals surface area contributed by atoms with E-state index >= 15 is 0 Å². The lowest BCUT2D eigenvalue weighted by Gasteiger charge is -2.30. The molecule has 48 heavy (non-hydrogen) atoms. The third-order valence-electron chi connectivity index (χ3n) is 8.86. The smallest absolute Gasteiger partial charge is 0.337 e. The first-order valence-electron chi connectivity index (χ1n) is 15.8. The quantitative estimate of drug-likeness (QED) is 0.258. The molecule has 1 N–H and O–H groups in total. The average molecular weight is 650 g/mol. The highest BCUT2D eigenvalue weighted by molar-refractivity contribution is 5.93. The Morgan fingerprint density at radius 1 is 0.917 bits per heavy atom. The van der Waals surface area contributed by atoms with Crippen molar-refractivity contribution in [2.45, 2.75) is 44.3 Å². The molecule has 1 amide bonds. The standard InChI is InChI=1S/C36H33F2N7O3/c1-42(2)19-24-9-8-23(22-6-4-3-5-7-22)16-31(24)45-33-29(17-26(38)18-39-33)35(47)44(36(45)48)28-13-11-27(12-14-28)40-34(46)30-21-43-20-25(37)10-15-32(43)41-30/h3-10,15-18,20-21,27-28H,11-14,19H2,1-2H3,(H,40,46)/t27-,28+. The molecule has 2 aromatic carbocycles. The van der Waals surface area contributed by atoms with Gasteiger partial charge in [0.2, 0.25) is 0 Å². The highest BCUT2D eigenvalue weighted by Crippen LogP contribution is 2.30. The first kappa shape index (κ1) is 31.1. The minimum atomic E-state index is -0.677. The van der Waals surface area contributed by atoms with Crippen LogP contribution >= 0.6 is 0 Å². The lowest BCUT2D eigenvalue weighted by Crippen LogP contribution is -2.45. The van der Waals surface area contributed by atoms with Crippen LogP contribution in [0.1, 0.15) is 47.8 Å². The van der Waals surface area contributed by atoms with Gasteiger partial charge in [-0.1, -0.05) is 42.5 Å². The van der Waals surface area contributed by atoms with Crippen molar-refractivity contribution in [3.8, 4) is 16.8 Å². The summed E-state index contributed by atoms with van der Waals surface area (Å²) in [5.41, 5.74) is 2.76. The molecule has 0 atom stereocenters. The van der Waals surface area contributed by atoms with Crippen LogP contribution in [0.15, 0.2) is 94.9 Å². The SMILES string of the molecule is CN(C)Cc1ccc(-c2ccccc2)cc1-n1c(=O)n([C@H]2CC[C@@H](NC(=O)c3cn4cc(F)ccc4n3)CC2)c(=O)c2cc(F)cnc21. The summed E-state index contributed by atoms with van der Waals surface area (Å²) >= 11 is 0. The van der Waals surface area contributed by atoms with E-state index in [1.54, 1.807) is 0 Å². The van der Waals surface area contributed by atoms with Gasteiger partial charge in [-0.2, -0.15) is 0 Å². The van der Waals surface area contributed by atoms with Crippen LogP contribution in [-0.4, -0.2) is 54.4 Å². The van der Waals surface area contributed by atoms with Crippen molar-refractivity contribution in [2.24, 2.45) is 0 Å². The Labute approximate surface area is 273 Å². The molecule has 1 fully saturated rings. The highest BCUT2D eigenvalue weighted by Gasteiger charge is 2.29. The monoisotopic (exact) mass is 649 g/mol. The Kier molecular flexibility index (Phi) is 8.17. The van der Waals surface area contributed by atoms with Gasteiger partial charge in [-0.3, -0.25) is 14.2 Å². The minimum Gasteiger partial charge on any atom is -0.348 e. The topological polar surface area (TPSA) is 107 Å². The number of nitrogens with one attached hydrogen (secondary N) is 1. The van der Waals surface area contributed by atoms with Crippen molar-refractivity contribution in [3.05, 3.63) is 129 Å². The number of fused-ring (bicyclic) bond motifs is 2. The number of benzene rings is 2. The number of amides is 1. The molecule has 7 rings (SSSR count). The molecule has 0 aliphatic heterocycles. The fraction of sp³-hybridized carbons (Fsp3) is 0.250. The molecule has 0 bridgehead atoms. The summed E-state index contributed by atoms with van der Waals surface area (Å²) < 4.78 is 32.3. The van der Waals surface area contributed by atoms with E-state index in [0.717, 1.165) is 29.0 Å². The van der Waals surface area contributed by atoms with E-state index in [1.807, 2.05) is 67.5 Å². The maximum atomic E-state index is 14.6. The molecule has 244 valence electrons. The summed E-state index contributed by atoms with van der Waals surface area (Å²) in [5.74, 6) is -1.51. The molecular formula is C36H33F2N7O3. The van der Waals surface area contributed by atoms with Gasteiger partial charge in [-0.05, 0) is 80.7 Å². The van der Waals surface area contributed by atoms with Crippen LogP contribution in [0.25, 0.3) is 33.5 Å². The summed E-state index contributed by atoms with van der Waals surface area (Å²) in [6, 6.07) is 18.8. The van der Waals surface area contributed by atoms with Crippen LogP contribution in [0.2, 0.25) is 0 Å². The van der Waals surface area contributed by atoms with Crippen LogP contribution in [-0.2, 0) is 6.54 Å². The van der Waals surface area contributed by atoms with Crippen molar-refractivity contribution in [1.29, 1.82) is 0 Å². The molecule has 0 saturated heterocycles. The van der Waals surface area contributed by atoms with E-state index < -0.39 is 28.9 Å². The van der Waals surface area contributed by atoms with Gasteiger partial charge in [0.1, 0.15) is 23.0 Å². The zero-order valence-corrected chi connectivity index (χ0v) is 26.4. The molecule has 1 aliphatic rings. The van der Waals surface area contributed by atoms with Gasteiger partial charge in [-0.15, -0.1) is 0 Å². The number of carbonyl (C=O) groups excluding carboxylic acids is 1. The van der Waals surface area contributed by atoms with Gasteiger partial charge in [0.05, 0.1) is 17.3 Å². The van der Waals surface area contributed by atoms with Crippen molar-refractivity contribution in [1.82, 2.24) is 33.7 Å². The zero-order chi connectivity index (χ0) is 33.5. The third kappa shape index (κ3) is 5.90. The second-order valence-electron chi connectivity index (χ2n) is 12.5. The van der Waals surface area contributed by atoms with E-state index in [1.165, 1.54) is 38.1 Å². The van der Waals surface area contributed by atoms with E-state index in [4.69, 9.17) is 0 Å². The summed E-state index contributed by atoms with van der Waals surface area (Å²) in [6.45, 7) is 0.505. The summed E-state index contributed by atoms with van der Waals surface area (Å²) in [7, 11) is 3.85. The number of rotatable bonds is 7. The number of hydrogen-bond acceptors (Lipinski definition) is 6. The first-order chi connectivity index (χ1) is 23.2. The first-order valence-corrected chi connectivity index (χ1v) is 15.8. The Hall–Kier alpha value is -5.49. The summed E-state index contributed by atoms with van der Waals surface area (Å²) in [4.78, 5) is 52.0. The molecule has 1 saturated carbocycles. The van der Waals surface area contributed by atoms with Crippen LogP contribution in [0.5, 0.6) is 0 Å². The predicted molar refractivity (Wildman–Crippen MR) is 178 cm³/mol. The number of carbonyl (C=O) groups is 1. The second-order valence-corrected chi connectivity index (χ2v) is 12.5. The Bertz CT molecular complexity index is 2290. The second kappa shape index (κ2) is 12.6. The molecule has 0 spiro atoms. The lowest BCUT2D eigenvalue weighted by molar-refractivity contribution is 0.0917. The molecular weight excluding hydrogens is 616 g/mol. The molecule has 4 aromatic heterocycles. The fourth-order valence-corrected chi connectivity index (χ4v) is 6.59. The Balaban J connectivity index is 1.24. The van der Waals surface area contributed by atoms with Gasteiger partial charge >= 0.3 is 5.69 Å². The van der Waals surface area contributed by atoms with Gasteiger partial charge < -0.3 is 14.6 Å². The van der Waals surface area contributed by atoms with E-state index in [2.05, 4.69) is 15.3 Å². The Morgan fingerprint density at radius 2 is 1.69 bits per heavy atom. The molecule has 6 aromatic rings. The average Bonchev–Trinajstić information content (AvgIpc) is 3.50. The normalized spacial score (nSPS) is 16.5. The number of nitrogens with zero attached hydrogens (tertiary/aromatic N) is 6. The molecule has 4 heterocycles. The van der Waals surface area contributed by atoms with Crippen molar-refractivity contribution in [3.63, 3.8) is 0 Å². The minimum absolute atomic E-state index is 0.00854. The van der Waals surface area contributed by atoms with Gasteiger partial charge in [0.25, 0.3) is 11.5 Å². The van der Waals surface area contributed by atoms with E-state index in [0.29, 0.717) is 43.6 Å². The van der Waals surface area contributed by atoms with Crippen LogP contribution in [0.4, 0.5) is 8.78 Å². The van der Waals surface area contributed by atoms with Gasteiger partial charge in [-0.25, -0.2) is 28.1 Å². The fourth-order valence-electron chi connectivity index (χ4n) is 6.59. The molecule has 10 nitrogen and oxygen atoms in total. The van der Waals surface area contributed by atoms with Crippen molar-refractivity contribution in [2.75, 3.05) is 14.1 Å². The number of aromatic nitrogens is 5.